The molecule has 0 radical (unpaired) electrons. The van der Waals surface area contributed by atoms with E-state index in [4.69, 9.17) is 19.4 Å². The van der Waals surface area contributed by atoms with Crippen LogP contribution in [0.3, 0.4) is 0 Å². The second-order valence-electron chi connectivity index (χ2n) is 13.3. The monoisotopic (exact) mass is 677 g/mol. The number of aromatic nitrogens is 3. The molecule has 0 amide bonds. The van der Waals surface area contributed by atoms with Gasteiger partial charge in [0.1, 0.15) is 11.2 Å². The minimum Gasteiger partial charge on any atom is -0.456 e. The lowest BCUT2D eigenvalue weighted by molar-refractivity contribution is 0.669. The van der Waals surface area contributed by atoms with Crippen LogP contribution in [0.5, 0.6) is 0 Å². The van der Waals surface area contributed by atoms with E-state index in [1.165, 1.54) is 16.3 Å². The van der Waals surface area contributed by atoms with Crippen molar-refractivity contribution in [1.82, 2.24) is 15.0 Å². The summed E-state index contributed by atoms with van der Waals surface area (Å²) in [6, 6.07) is 65.2. The van der Waals surface area contributed by atoms with Crippen molar-refractivity contribution in [1.29, 1.82) is 0 Å². The molecule has 0 atom stereocenters. The molecule has 53 heavy (non-hydrogen) atoms. The normalized spacial score (nSPS) is 11.4. The van der Waals surface area contributed by atoms with Crippen LogP contribution >= 0.6 is 0 Å². The average Bonchev–Trinajstić information content (AvgIpc) is 3.62. The van der Waals surface area contributed by atoms with E-state index in [0.29, 0.717) is 17.5 Å². The molecule has 2 aromatic heterocycles. The molecule has 0 N–H and O–H groups in total. The van der Waals surface area contributed by atoms with E-state index in [2.05, 4.69) is 164 Å². The Bertz CT molecular complexity index is 2930. The first kappa shape index (κ1) is 30.6. The number of furan rings is 1. The van der Waals surface area contributed by atoms with E-state index in [-0.39, 0.29) is 0 Å². The lowest BCUT2D eigenvalue weighted by atomic mass is 9.99. The van der Waals surface area contributed by atoms with Gasteiger partial charge in [-0.05, 0) is 74.5 Å². The lowest BCUT2D eigenvalue weighted by Gasteiger charge is -2.10. The van der Waals surface area contributed by atoms with Crippen molar-refractivity contribution < 1.29 is 4.42 Å². The van der Waals surface area contributed by atoms with E-state index < -0.39 is 0 Å². The Morgan fingerprint density at radius 1 is 0.302 bits per heavy atom. The Kier molecular flexibility index (Phi) is 7.43. The summed E-state index contributed by atoms with van der Waals surface area (Å²) in [4.78, 5) is 15.2. The summed E-state index contributed by atoms with van der Waals surface area (Å²) < 4.78 is 6.48. The smallest absolute Gasteiger partial charge is 0.164 e. The standard InChI is InChI=1S/C49H31N3O/c1-3-11-32(12-4-1)38-17-9-18-40(30-38)48-50-47(36-24-21-34(22-25-36)39-26-23-33-13-7-8-16-37(33)29-39)51-49(52-48)41-27-28-43-45(31-41)53-44-20-10-19-42(46(43)44)35-14-5-2-6-15-35/h1-31H. The molecule has 10 aromatic rings. The molecule has 0 aliphatic heterocycles. The average molecular weight is 678 g/mol. The first-order valence-corrected chi connectivity index (χ1v) is 17.8. The molecule has 248 valence electrons. The highest BCUT2D eigenvalue weighted by Crippen LogP contribution is 2.38. The van der Waals surface area contributed by atoms with Gasteiger partial charge in [0.15, 0.2) is 17.5 Å². The van der Waals surface area contributed by atoms with Crippen molar-refractivity contribution in [2.45, 2.75) is 0 Å². The molecule has 0 unspecified atom stereocenters. The highest BCUT2D eigenvalue weighted by molar-refractivity contribution is 6.13. The molecule has 0 fully saturated rings. The molecule has 4 nitrogen and oxygen atoms in total. The maximum absolute atomic E-state index is 6.48. The largest absolute Gasteiger partial charge is 0.456 e. The number of hydrogen-bond acceptors (Lipinski definition) is 4. The lowest BCUT2D eigenvalue weighted by Crippen LogP contribution is -2.00. The van der Waals surface area contributed by atoms with Crippen LogP contribution in [0.2, 0.25) is 0 Å². The molecule has 0 saturated carbocycles. The highest BCUT2D eigenvalue weighted by Gasteiger charge is 2.17. The van der Waals surface area contributed by atoms with Crippen molar-refractivity contribution in [2.75, 3.05) is 0 Å². The van der Waals surface area contributed by atoms with E-state index in [1.54, 1.807) is 0 Å². The first-order chi connectivity index (χ1) is 26.2. The molecular weight excluding hydrogens is 647 g/mol. The van der Waals surface area contributed by atoms with Gasteiger partial charge in [-0.2, -0.15) is 0 Å². The van der Waals surface area contributed by atoms with Crippen molar-refractivity contribution in [2.24, 2.45) is 0 Å². The van der Waals surface area contributed by atoms with Crippen molar-refractivity contribution in [3.63, 3.8) is 0 Å². The van der Waals surface area contributed by atoms with Gasteiger partial charge < -0.3 is 4.42 Å². The third kappa shape index (κ3) is 5.73. The molecule has 0 saturated heterocycles. The van der Waals surface area contributed by atoms with Gasteiger partial charge in [-0.25, -0.2) is 15.0 Å². The Labute approximate surface area is 306 Å². The van der Waals surface area contributed by atoms with Crippen LogP contribution < -0.4 is 0 Å². The van der Waals surface area contributed by atoms with Gasteiger partial charge in [-0.1, -0.05) is 158 Å². The third-order valence-corrected chi connectivity index (χ3v) is 9.93. The van der Waals surface area contributed by atoms with Gasteiger partial charge in [0.05, 0.1) is 0 Å². The summed E-state index contributed by atoms with van der Waals surface area (Å²) in [6.45, 7) is 0. The van der Waals surface area contributed by atoms with Crippen LogP contribution in [0.4, 0.5) is 0 Å². The van der Waals surface area contributed by atoms with Gasteiger partial charge in [-0.15, -0.1) is 0 Å². The molecule has 10 rings (SSSR count). The second-order valence-corrected chi connectivity index (χ2v) is 13.3. The Hall–Kier alpha value is -7.17. The molecule has 0 bridgehead atoms. The number of hydrogen-bond donors (Lipinski definition) is 0. The maximum atomic E-state index is 6.48. The predicted octanol–water partition coefficient (Wildman–Crippen LogP) is 12.9. The molecule has 2 heterocycles. The number of nitrogens with zero attached hydrogens (tertiary/aromatic N) is 3. The zero-order chi connectivity index (χ0) is 35.1. The molecule has 0 aliphatic carbocycles. The van der Waals surface area contributed by atoms with Crippen molar-refractivity contribution >= 4 is 32.7 Å². The third-order valence-electron chi connectivity index (χ3n) is 9.93. The van der Waals surface area contributed by atoms with Crippen LogP contribution in [0, 0.1) is 0 Å². The van der Waals surface area contributed by atoms with Crippen molar-refractivity contribution in [3.05, 3.63) is 188 Å². The predicted molar refractivity (Wildman–Crippen MR) is 217 cm³/mol. The number of benzene rings is 8. The van der Waals surface area contributed by atoms with Gasteiger partial charge in [0.25, 0.3) is 0 Å². The Morgan fingerprint density at radius 2 is 0.830 bits per heavy atom. The summed E-state index contributed by atoms with van der Waals surface area (Å²) >= 11 is 0. The fraction of sp³-hybridized carbons (Fsp3) is 0. The van der Waals surface area contributed by atoms with E-state index in [0.717, 1.165) is 66.4 Å². The first-order valence-electron chi connectivity index (χ1n) is 17.8. The highest BCUT2D eigenvalue weighted by atomic mass is 16.3. The van der Waals surface area contributed by atoms with Gasteiger partial charge >= 0.3 is 0 Å². The summed E-state index contributed by atoms with van der Waals surface area (Å²) in [5.41, 5.74) is 11.2. The maximum Gasteiger partial charge on any atom is 0.164 e. The van der Waals surface area contributed by atoms with Crippen molar-refractivity contribution in [3.8, 4) is 67.5 Å². The van der Waals surface area contributed by atoms with E-state index >= 15 is 0 Å². The van der Waals surface area contributed by atoms with E-state index in [9.17, 15) is 0 Å². The minimum absolute atomic E-state index is 0.583. The van der Waals surface area contributed by atoms with Crippen LogP contribution in [-0.2, 0) is 0 Å². The fourth-order valence-corrected chi connectivity index (χ4v) is 7.24. The number of rotatable bonds is 6. The summed E-state index contributed by atoms with van der Waals surface area (Å²) in [5.74, 6) is 1.80. The summed E-state index contributed by atoms with van der Waals surface area (Å²) in [5, 5.41) is 4.60. The van der Waals surface area contributed by atoms with Crippen LogP contribution in [0.1, 0.15) is 0 Å². The molecule has 8 aromatic carbocycles. The molecular formula is C49H31N3O. The SMILES string of the molecule is c1ccc(-c2cccc(-c3nc(-c4ccc(-c5ccc6ccccc6c5)cc4)nc(-c4ccc5c(c4)oc4cccc(-c6ccccc6)c45)n3)c2)cc1. The van der Waals surface area contributed by atoms with Gasteiger partial charge in [0.2, 0.25) is 0 Å². The summed E-state index contributed by atoms with van der Waals surface area (Å²) in [6.07, 6.45) is 0. The van der Waals surface area contributed by atoms with Crippen LogP contribution in [0.25, 0.3) is 100 Å². The van der Waals surface area contributed by atoms with Gasteiger partial charge in [0, 0.05) is 27.5 Å². The van der Waals surface area contributed by atoms with Gasteiger partial charge in [-0.3, -0.25) is 0 Å². The zero-order valence-corrected chi connectivity index (χ0v) is 28.6. The van der Waals surface area contributed by atoms with Crippen LogP contribution in [-0.4, -0.2) is 15.0 Å². The molecule has 4 heteroatoms. The van der Waals surface area contributed by atoms with E-state index in [1.807, 2.05) is 24.3 Å². The number of fused-ring (bicyclic) bond motifs is 4. The zero-order valence-electron chi connectivity index (χ0n) is 28.6. The minimum atomic E-state index is 0.583. The van der Waals surface area contributed by atoms with Crippen LogP contribution in [0.15, 0.2) is 192 Å². The Balaban J connectivity index is 1.10. The topological polar surface area (TPSA) is 51.8 Å². The fourth-order valence-electron chi connectivity index (χ4n) is 7.24. The summed E-state index contributed by atoms with van der Waals surface area (Å²) in [7, 11) is 0. The quantitative estimate of drug-likeness (QED) is 0.176. The molecule has 0 spiro atoms. The Morgan fingerprint density at radius 3 is 1.60 bits per heavy atom. The molecule has 0 aliphatic rings. The second kappa shape index (κ2) is 12.9.